The van der Waals surface area contributed by atoms with Gasteiger partial charge in [-0.2, -0.15) is 0 Å². The Bertz CT molecular complexity index is 679. The van der Waals surface area contributed by atoms with Gasteiger partial charge in [0.2, 0.25) is 0 Å². The van der Waals surface area contributed by atoms with Crippen molar-refractivity contribution >= 4 is 11.7 Å². The maximum Gasteiger partial charge on any atom is 0.339 e. The van der Waals surface area contributed by atoms with Crippen LogP contribution in [0.2, 0.25) is 0 Å². The van der Waals surface area contributed by atoms with Gasteiger partial charge in [-0.25, -0.2) is 4.79 Å². The first-order chi connectivity index (χ1) is 10.7. The Morgan fingerprint density at radius 2 is 2.14 bits per heavy atom. The van der Waals surface area contributed by atoms with Crippen molar-refractivity contribution in [1.82, 2.24) is 0 Å². The number of hydrogen-bond donors (Lipinski definition) is 1. The van der Waals surface area contributed by atoms with E-state index in [2.05, 4.69) is 4.90 Å². The first kappa shape index (κ1) is 14.5. The number of aromatic carboxylic acids is 1. The molecular weight excluding hydrogens is 286 g/mol. The molecule has 0 saturated carbocycles. The van der Waals surface area contributed by atoms with Crippen molar-refractivity contribution in [2.75, 3.05) is 25.2 Å². The predicted octanol–water partition coefficient (Wildman–Crippen LogP) is 2.52. The smallest absolute Gasteiger partial charge is 0.339 e. The van der Waals surface area contributed by atoms with Gasteiger partial charge in [0.25, 0.3) is 0 Å². The number of para-hydroxylation sites is 1. The second-order valence-corrected chi connectivity index (χ2v) is 5.03. The third-order valence-electron chi connectivity index (χ3n) is 3.52. The highest BCUT2D eigenvalue weighted by molar-refractivity contribution is 5.93. The largest absolute Gasteiger partial charge is 0.489 e. The highest BCUT2D eigenvalue weighted by Gasteiger charge is 2.24. The molecule has 0 saturated heterocycles. The molecule has 2 aromatic rings. The molecule has 1 aromatic heterocycles. The molecule has 1 aromatic carbocycles. The Balaban J connectivity index is 1.85. The predicted molar refractivity (Wildman–Crippen MR) is 79.4 cm³/mol. The molecule has 6 heteroatoms. The number of methoxy groups -OCH3 is 1. The van der Waals surface area contributed by atoms with Crippen LogP contribution in [0.1, 0.15) is 21.9 Å². The SMILES string of the molecule is COCc1ccc(CN2CCOc3c(C(=O)O)cccc32)o1. The number of hydrogen-bond acceptors (Lipinski definition) is 5. The number of fused-ring (bicyclic) bond motifs is 1. The average molecular weight is 303 g/mol. The van der Waals surface area contributed by atoms with Gasteiger partial charge in [0.1, 0.15) is 30.3 Å². The number of furan rings is 1. The van der Waals surface area contributed by atoms with E-state index in [0.29, 0.717) is 32.1 Å². The summed E-state index contributed by atoms with van der Waals surface area (Å²) in [7, 11) is 1.62. The van der Waals surface area contributed by atoms with E-state index in [1.807, 2.05) is 18.2 Å². The number of anilines is 1. The second-order valence-electron chi connectivity index (χ2n) is 5.03. The Hall–Kier alpha value is -2.47. The van der Waals surface area contributed by atoms with Crippen molar-refractivity contribution in [1.29, 1.82) is 0 Å². The molecule has 1 aliphatic heterocycles. The van der Waals surface area contributed by atoms with Crippen LogP contribution in [-0.4, -0.2) is 31.3 Å². The zero-order valence-electron chi connectivity index (χ0n) is 12.2. The van der Waals surface area contributed by atoms with E-state index in [1.54, 1.807) is 19.2 Å². The summed E-state index contributed by atoms with van der Waals surface area (Å²) in [6.45, 7) is 2.12. The lowest BCUT2D eigenvalue weighted by Gasteiger charge is -2.31. The molecule has 3 rings (SSSR count). The van der Waals surface area contributed by atoms with E-state index in [0.717, 1.165) is 17.2 Å². The molecule has 0 amide bonds. The molecule has 0 fully saturated rings. The van der Waals surface area contributed by atoms with Gasteiger partial charge in [0.05, 0.1) is 18.8 Å². The van der Waals surface area contributed by atoms with E-state index in [-0.39, 0.29) is 5.56 Å². The van der Waals surface area contributed by atoms with Gasteiger partial charge in [-0.1, -0.05) is 6.07 Å². The first-order valence-corrected chi connectivity index (χ1v) is 6.99. The summed E-state index contributed by atoms with van der Waals surface area (Å²) in [6, 6.07) is 8.93. The Kier molecular flexibility index (Phi) is 4.02. The van der Waals surface area contributed by atoms with Crippen molar-refractivity contribution in [2.24, 2.45) is 0 Å². The van der Waals surface area contributed by atoms with Crippen molar-refractivity contribution < 1.29 is 23.8 Å². The van der Waals surface area contributed by atoms with E-state index in [9.17, 15) is 9.90 Å². The van der Waals surface area contributed by atoms with Crippen LogP contribution in [0.5, 0.6) is 5.75 Å². The molecule has 2 heterocycles. The Morgan fingerprint density at radius 1 is 1.32 bits per heavy atom. The van der Waals surface area contributed by atoms with Crippen LogP contribution in [-0.2, 0) is 17.9 Å². The van der Waals surface area contributed by atoms with Gasteiger partial charge in [-0.05, 0) is 24.3 Å². The molecule has 0 atom stereocenters. The zero-order valence-corrected chi connectivity index (χ0v) is 12.2. The number of nitrogens with zero attached hydrogens (tertiary/aromatic N) is 1. The molecule has 6 nitrogen and oxygen atoms in total. The molecule has 0 unspecified atom stereocenters. The Labute approximate surface area is 127 Å². The number of rotatable bonds is 5. The average Bonchev–Trinajstić information content (AvgIpc) is 2.94. The van der Waals surface area contributed by atoms with Gasteiger partial charge >= 0.3 is 5.97 Å². The zero-order chi connectivity index (χ0) is 15.5. The van der Waals surface area contributed by atoms with Crippen LogP contribution < -0.4 is 9.64 Å². The maximum atomic E-state index is 11.3. The third kappa shape index (κ3) is 2.78. The quantitative estimate of drug-likeness (QED) is 0.915. The van der Waals surface area contributed by atoms with Crippen LogP contribution >= 0.6 is 0 Å². The van der Waals surface area contributed by atoms with E-state index < -0.39 is 5.97 Å². The molecular formula is C16H17NO5. The standard InChI is InChI=1S/C16H17NO5/c1-20-10-12-6-5-11(22-12)9-17-7-8-21-15-13(16(18)19)3-2-4-14(15)17/h2-6H,7-10H2,1H3,(H,18,19). The van der Waals surface area contributed by atoms with Crippen LogP contribution in [0, 0.1) is 0 Å². The fraction of sp³-hybridized carbons (Fsp3) is 0.312. The normalized spacial score (nSPS) is 13.6. The third-order valence-corrected chi connectivity index (χ3v) is 3.52. The molecule has 0 aliphatic carbocycles. The minimum atomic E-state index is -0.987. The van der Waals surface area contributed by atoms with Gasteiger partial charge in [-0.15, -0.1) is 0 Å². The monoisotopic (exact) mass is 303 g/mol. The molecule has 0 radical (unpaired) electrons. The summed E-state index contributed by atoms with van der Waals surface area (Å²) in [6.07, 6.45) is 0. The van der Waals surface area contributed by atoms with Crippen molar-refractivity contribution in [3.05, 3.63) is 47.4 Å². The number of carboxylic acids is 1. The Morgan fingerprint density at radius 3 is 2.91 bits per heavy atom. The van der Waals surface area contributed by atoms with Crippen LogP contribution in [0.4, 0.5) is 5.69 Å². The minimum absolute atomic E-state index is 0.182. The summed E-state index contributed by atoms with van der Waals surface area (Å²) in [5.74, 6) is 1.01. The van der Waals surface area contributed by atoms with Gasteiger partial charge < -0.3 is 23.9 Å². The summed E-state index contributed by atoms with van der Waals surface area (Å²) in [4.78, 5) is 13.3. The van der Waals surface area contributed by atoms with Crippen molar-refractivity contribution in [2.45, 2.75) is 13.2 Å². The molecule has 0 bridgehead atoms. The minimum Gasteiger partial charge on any atom is -0.489 e. The lowest BCUT2D eigenvalue weighted by molar-refractivity contribution is 0.0692. The maximum absolute atomic E-state index is 11.3. The highest BCUT2D eigenvalue weighted by Crippen LogP contribution is 2.35. The summed E-state index contributed by atoms with van der Waals surface area (Å²) in [5, 5.41) is 9.25. The molecule has 1 N–H and O–H groups in total. The van der Waals surface area contributed by atoms with Crippen LogP contribution in [0.25, 0.3) is 0 Å². The summed E-state index contributed by atoms with van der Waals surface area (Å²) in [5.41, 5.74) is 0.956. The van der Waals surface area contributed by atoms with Gasteiger partial charge in [0.15, 0.2) is 5.75 Å². The lowest BCUT2D eigenvalue weighted by Crippen LogP contribution is -2.32. The van der Waals surface area contributed by atoms with Crippen LogP contribution in [0.15, 0.2) is 34.7 Å². The lowest BCUT2D eigenvalue weighted by atomic mass is 10.1. The topological polar surface area (TPSA) is 72.1 Å². The number of carbonyl (C=O) groups is 1. The van der Waals surface area contributed by atoms with E-state index in [1.165, 1.54) is 0 Å². The van der Waals surface area contributed by atoms with Crippen LogP contribution in [0.3, 0.4) is 0 Å². The molecule has 0 spiro atoms. The molecule has 22 heavy (non-hydrogen) atoms. The summed E-state index contributed by atoms with van der Waals surface area (Å²) >= 11 is 0. The molecule has 1 aliphatic rings. The highest BCUT2D eigenvalue weighted by atomic mass is 16.5. The number of ether oxygens (including phenoxy) is 2. The van der Waals surface area contributed by atoms with Gasteiger partial charge in [-0.3, -0.25) is 0 Å². The van der Waals surface area contributed by atoms with Crippen molar-refractivity contribution in [3.63, 3.8) is 0 Å². The first-order valence-electron chi connectivity index (χ1n) is 6.99. The second kappa shape index (κ2) is 6.11. The summed E-state index contributed by atoms with van der Waals surface area (Å²) < 4.78 is 16.3. The molecule has 116 valence electrons. The van der Waals surface area contributed by atoms with E-state index in [4.69, 9.17) is 13.9 Å². The fourth-order valence-corrected chi connectivity index (χ4v) is 2.55. The van der Waals surface area contributed by atoms with E-state index >= 15 is 0 Å². The van der Waals surface area contributed by atoms with Crippen molar-refractivity contribution in [3.8, 4) is 5.75 Å². The number of carboxylic acid groups (broad SMARTS) is 1. The number of benzene rings is 1. The fourth-order valence-electron chi connectivity index (χ4n) is 2.55. The van der Waals surface area contributed by atoms with Gasteiger partial charge in [0, 0.05) is 7.11 Å².